The molecular weight excluding hydrogens is 334 g/mol. The highest BCUT2D eigenvalue weighted by Gasteiger charge is 2.26. The number of hydrogen-bond acceptors (Lipinski definition) is 3. The van der Waals surface area contributed by atoms with Gasteiger partial charge in [-0.1, -0.05) is 30.3 Å². The average Bonchev–Trinajstić information content (AvgIpc) is 2.89. The second kappa shape index (κ2) is 6.41. The highest BCUT2D eigenvalue weighted by molar-refractivity contribution is 9.10. The van der Waals surface area contributed by atoms with Gasteiger partial charge in [-0.05, 0) is 27.9 Å². The molecule has 1 unspecified atom stereocenters. The van der Waals surface area contributed by atoms with Gasteiger partial charge in [-0.15, -0.1) is 0 Å². The van der Waals surface area contributed by atoms with Gasteiger partial charge in [0.05, 0.1) is 12.6 Å². The number of rotatable bonds is 5. The number of nitrogens with zero attached hydrogens (tertiary/aromatic N) is 2. The van der Waals surface area contributed by atoms with Crippen LogP contribution in [0, 0.1) is 0 Å². The number of carbonyl (C=O) groups excluding carboxylic acids is 1. The van der Waals surface area contributed by atoms with E-state index in [-0.39, 0.29) is 11.9 Å². The summed E-state index contributed by atoms with van der Waals surface area (Å²) >= 11 is 3.32. The normalized spacial score (nSPS) is 17.4. The standard InChI is InChI=1S/C15H16BrN3O2/c16-14-8-13-15(20)17-9-12(19(13)18-14)6-7-21-10-11-4-2-1-3-5-11/h1-5,8,12H,6-7,9-10H2,(H,17,20). The smallest absolute Gasteiger partial charge is 0.269 e. The molecule has 1 aliphatic rings. The lowest BCUT2D eigenvalue weighted by molar-refractivity contribution is 0.0855. The van der Waals surface area contributed by atoms with Crippen molar-refractivity contribution >= 4 is 21.8 Å². The maximum Gasteiger partial charge on any atom is 0.269 e. The molecule has 21 heavy (non-hydrogen) atoms. The van der Waals surface area contributed by atoms with E-state index in [0.717, 1.165) is 12.0 Å². The minimum absolute atomic E-state index is 0.0744. The van der Waals surface area contributed by atoms with Crippen LogP contribution in [0.25, 0.3) is 0 Å². The van der Waals surface area contributed by atoms with E-state index in [1.165, 1.54) is 0 Å². The first-order chi connectivity index (χ1) is 10.2. The van der Waals surface area contributed by atoms with E-state index >= 15 is 0 Å². The lowest BCUT2D eigenvalue weighted by Crippen LogP contribution is -2.39. The number of halogens is 1. The van der Waals surface area contributed by atoms with Crippen LogP contribution < -0.4 is 5.32 Å². The molecule has 0 saturated heterocycles. The largest absolute Gasteiger partial charge is 0.377 e. The lowest BCUT2D eigenvalue weighted by atomic mass is 10.1. The SMILES string of the molecule is O=C1NCC(CCOCc2ccccc2)n2nc(Br)cc21. The van der Waals surface area contributed by atoms with Crippen LogP contribution >= 0.6 is 15.9 Å². The van der Waals surface area contributed by atoms with Crippen molar-refractivity contribution < 1.29 is 9.53 Å². The maximum absolute atomic E-state index is 11.7. The summed E-state index contributed by atoms with van der Waals surface area (Å²) in [4.78, 5) is 11.7. The number of hydrogen-bond donors (Lipinski definition) is 1. The minimum atomic E-state index is -0.0744. The van der Waals surface area contributed by atoms with E-state index in [1.807, 2.05) is 30.3 Å². The van der Waals surface area contributed by atoms with E-state index < -0.39 is 0 Å². The summed E-state index contributed by atoms with van der Waals surface area (Å²) in [6, 6.07) is 12.0. The van der Waals surface area contributed by atoms with Crippen molar-refractivity contribution in [2.45, 2.75) is 19.1 Å². The molecule has 0 saturated carbocycles. The van der Waals surface area contributed by atoms with Gasteiger partial charge >= 0.3 is 0 Å². The summed E-state index contributed by atoms with van der Waals surface area (Å²) in [5, 5.41) is 7.22. The molecule has 6 heteroatoms. The molecule has 2 heterocycles. The zero-order valence-electron chi connectivity index (χ0n) is 11.5. The molecule has 0 radical (unpaired) electrons. The monoisotopic (exact) mass is 349 g/mol. The van der Waals surface area contributed by atoms with Crippen molar-refractivity contribution in [1.82, 2.24) is 15.1 Å². The van der Waals surface area contributed by atoms with Gasteiger partial charge in [0, 0.05) is 19.2 Å². The molecule has 1 aromatic carbocycles. The number of nitrogens with one attached hydrogen (secondary N) is 1. The number of benzene rings is 1. The van der Waals surface area contributed by atoms with Crippen molar-refractivity contribution in [2.75, 3.05) is 13.2 Å². The van der Waals surface area contributed by atoms with Gasteiger partial charge in [0.2, 0.25) is 0 Å². The predicted octanol–water partition coefficient (Wildman–Crippen LogP) is 2.54. The molecule has 0 spiro atoms. The van der Waals surface area contributed by atoms with Crippen LogP contribution in [0.2, 0.25) is 0 Å². The Hall–Kier alpha value is -1.66. The summed E-state index contributed by atoms with van der Waals surface area (Å²) in [6.45, 7) is 1.83. The molecule has 0 aliphatic carbocycles. The summed E-state index contributed by atoms with van der Waals surface area (Å²) < 4.78 is 8.18. The van der Waals surface area contributed by atoms with Crippen molar-refractivity contribution in [3.05, 3.63) is 52.3 Å². The Labute approximate surface area is 131 Å². The number of amides is 1. The summed E-state index contributed by atoms with van der Waals surface area (Å²) in [5.41, 5.74) is 1.76. The fourth-order valence-electron chi connectivity index (χ4n) is 2.41. The number of ether oxygens (including phenoxy) is 1. The number of aromatic nitrogens is 2. The van der Waals surface area contributed by atoms with Crippen LogP contribution in [-0.4, -0.2) is 28.8 Å². The molecule has 3 rings (SSSR count). The molecular formula is C15H16BrN3O2. The van der Waals surface area contributed by atoms with Gasteiger partial charge < -0.3 is 10.1 Å². The third-order valence-corrected chi connectivity index (χ3v) is 3.88. The van der Waals surface area contributed by atoms with Crippen molar-refractivity contribution in [3.8, 4) is 0 Å². The Balaban J connectivity index is 1.54. The maximum atomic E-state index is 11.7. The number of fused-ring (bicyclic) bond motifs is 1. The van der Waals surface area contributed by atoms with Crippen LogP contribution in [0.5, 0.6) is 0 Å². The molecule has 0 fully saturated rings. The van der Waals surface area contributed by atoms with Crippen LogP contribution in [0.15, 0.2) is 41.0 Å². The minimum Gasteiger partial charge on any atom is -0.377 e. The highest BCUT2D eigenvalue weighted by atomic mass is 79.9. The first-order valence-electron chi connectivity index (χ1n) is 6.89. The molecule has 1 aromatic heterocycles. The number of carbonyl (C=O) groups is 1. The van der Waals surface area contributed by atoms with Gasteiger partial charge in [-0.2, -0.15) is 5.10 Å². The molecule has 1 N–H and O–H groups in total. The van der Waals surface area contributed by atoms with Gasteiger partial charge in [-0.25, -0.2) is 0 Å². The molecule has 110 valence electrons. The van der Waals surface area contributed by atoms with E-state index in [9.17, 15) is 4.79 Å². The third kappa shape index (κ3) is 3.33. The molecule has 1 atom stereocenters. The van der Waals surface area contributed by atoms with Crippen molar-refractivity contribution in [2.24, 2.45) is 0 Å². The molecule has 0 bridgehead atoms. The molecule has 2 aromatic rings. The Morgan fingerprint density at radius 1 is 1.38 bits per heavy atom. The van der Waals surface area contributed by atoms with E-state index in [0.29, 0.717) is 30.1 Å². The third-order valence-electron chi connectivity index (χ3n) is 3.49. The summed E-state index contributed by atoms with van der Waals surface area (Å²) in [7, 11) is 0. The van der Waals surface area contributed by atoms with Gasteiger partial charge in [0.25, 0.3) is 5.91 Å². The molecule has 1 aliphatic heterocycles. The first-order valence-corrected chi connectivity index (χ1v) is 7.68. The van der Waals surface area contributed by atoms with Crippen LogP contribution in [0.3, 0.4) is 0 Å². The quantitative estimate of drug-likeness (QED) is 0.844. The van der Waals surface area contributed by atoms with E-state index in [1.54, 1.807) is 10.7 Å². The van der Waals surface area contributed by atoms with Crippen LogP contribution in [-0.2, 0) is 11.3 Å². The second-order valence-electron chi connectivity index (χ2n) is 4.99. The Kier molecular flexibility index (Phi) is 4.36. The summed E-state index contributed by atoms with van der Waals surface area (Å²) in [5.74, 6) is -0.0744. The van der Waals surface area contributed by atoms with Gasteiger partial charge in [0.15, 0.2) is 0 Å². The summed E-state index contributed by atoms with van der Waals surface area (Å²) in [6.07, 6.45) is 0.814. The van der Waals surface area contributed by atoms with Crippen LogP contribution in [0.1, 0.15) is 28.5 Å². The van der Waals surface area contributed by atoms with Crippen molar-refractivity contribution in [1.29, 1.82) is 0 Å². The fourth-order valence-corrected chi connectivity index (χ4v) is 2.80. The second-order valence-corrected chi connectivity index (χ2v) is 5.80. The lowest BCUT2D eigenvalue weighted by Gasteiger charge is -2.24. The predicted molar refractivity (Wildman–Crippen MR) is 82.0 cm³/mol. The molecule has 1 amide bonds. The van der Waals surface area contributed by atoms with E-state index in [4.69, 9.17) is 4.74 Å². The molecule has 5 nitrogen and oxygen atoms in total. The first kappa shape index (κ1) is 14.3. The fraction of sp³-hybridized carbons (Fsp3) is 0.333. The topological polar surface area (TPSA) is 56.1 Å². The van der Waals surface area contributed by atoms with Gasteiger partial charge in [0.1, 0.15) is 10.3 Å². The zero-order valence-corrected chi connectivity index (χ0v) is 13.0. The van der Waals surface area contributed by atoms with Crippen molar-refractivity contribution in [3.63, 3.8) is 0 Å². The zero-order chi connectivity index (χ0) is 14.7. The Bertz CT molecular complexity index is 627. The van der Waals surface area contributed by atoms with Gasteiger partial charge in [-0.3, -0.25) is 9.48 Å². The highest BCUT2D eigenvalue weighted by Crippen LogP contribution is 2.21. The average molecular weight is 350 g/mol. The van der Waals surface area contributed by atoms with Crippen LogP contribution in [0.4, 0.5) is 0 Å². The Morgan fingerprint density at radius 2 is 2.19 bits per heavy atom. The Morgan fingerprint density at radius 3 is 3.00 bits per heavy atom. The van der Waals surface area contributed by atoms with E-state index in [2.05, 4.69) is 26.3 Å².